The van der Waals surface area contributed by atoms with Gasteiger partial charge in [-0.15, -0.1) is 0 Å². The molecule has 2 heterocycles. The highest BCUT2D eigenvalue weighted by Crippen LogP contribution is 2.26. The predicted molar refractivity (Wildman–Crippen MR) is 118 cm³/mol. The van der Waals surface area contributed by atoms with Crippen molar-refractivity contribution in [2.45, 2.75) is 19.9 Å². The number of hydrogen-bond acceptors (Lipinski definition) is 5. The monoisotopic (exact) mass is 419 g/mol. The van der Waals surface area contributed by atoms with Crippen molar-refractivity contribution in [3.05, 3.63) is 78.5 Å². The Morgan fingerprint density at radius 2 is 1.81 bits per heavy atom. The minimum absolute atomic E-state index is 0.233. The van der Waals surface area contributed by atoms with Gasteiger partial charge >= 0.3 is 0 Å². The van der Waals surface area contributed by atoms with Crippen LogP contribution in [0.15, 0.2) is 71.3 Å². The first-order valence-electron chi connectivity index (χ1n) is 10.4. The smallest absolute Gasteiger partial charge is 0.286 e. The van der Waals surface area contributed by atoms with Crippen LogP contribution in [0.3, 0.4) is 0 Å². The molecule has 0 radical (unpaired) electrons. The molecular weight excluding hydrogens is 394 g/mol. The number of carbonyl (C=O) groups excluding carboxylic acids is 1. The summed E-state index contributed by atoms with van der Waals surface area (Å²) >= 11 is 0. The van der Waals surface area contributed by atoms with Gasteiger partial charge in [0, 0.05) is 13.0 Å². The Kier molecular flexibility index (Phi) is 6.52. The number of ether oxygens (including phenoxy) is 2. The third-order valence-electron chi connectivity index (χ3n) is 4.83. The van der Waals surface area contributed by atoms with Crippen LogP contribution < -0.4 is 14.8 Å². The number of nitrogens with zero attached hydrogens (tertiary/aromatic N) is 2. The SMILES string of the molecule is CCOc1ccccc1OCCn1c(CCNC(=O)c2ccco2)nc2ccccc21. The summed E-state index contributed by atoms with van der Waals surface area (Å²) in [5.41, 5.74) is 1.96. The van der Waals surface area contributed by atoms with E-state index in [9.17, 15) is 4.79 Å². The molecule has 0 atom stereocenters. The average molecular weight is 419 g/mol. The summed E-state index contributed by atoms with van der Waals surface area (Å²) in [5, 5.41) is 2.87. The summed E-state index contributed by atoms with van der Waals surface area (Å²) in [6.07, 6.45) is 2.08. The second-order valence-corrected chi connectivity index (χ2v) is 6.88. The number of para-hydroxylation sites is 4. The number of aromatic nitrogens is 2. The average Bonchev–Trinajstić information content (AvgIpc) is 3.44. The molecule has 0 fully saturated rings. The highest BCUT2D eigenvalue weighted by Gasteiger charge is 2.13. The van der Waals surface area contributed by atoms with Crippen LogP contribution in [-0.4, -0.2) is 35.2 Å². The maximum atomic E-state index is 12.1. The van der Waals surface area contributed by atoms with Crippen LogP contribution in [0.2, 0.25) is 0 Å². The van der Waals surface area contributed by atoms with Crippen molar-refractivity contribution in [2.24, 2.45) is 0 Å². The molecule has 4 rings (SSSR count). The molecular formula is C24H25N3O4. The number of nitrogens with one attached hydrogen (secondary N) is 1. The van der Waals surface area contributed by atoms with Gasteiger partial charge in [0.25, 0.3) is 5.91 Å². The van der Waals surface area contributed by atoms with Gasteiger partial charge < -0.3 is 23.8 Å². The van der Waals surface area contributed by atoms with E-state index in [1.807, 2.05) is 55.5 Å². The van der Waals surface area contributed by atoms with E-state index in [2.05, 4.69) is 9.88 Å². The summed E-state index contributed by atoms with van der Waals surface area (Å²) in [6, 6.07) is 19.0. The normalized spacial score (nSPS) is 10.9. The van der Waals surface area contributed by atoms with Crippen LogP contribution in [0.5, 0.6) is 11.5 Å². The van der Waals surface area contributed by atoms with Crippen LogP contribution in [0.1, 0.15) is 23.3 Å². The van der Waals surface area contributed by atoms with Crippen molar-refractivity contribution in [2.75, 3.05) is 19.8 Å². The standard InChI is InChI=1S/C24H25N3O4/c1-2-29-20-10-5-6-11-21(20)31-17-15-27-19-9-4-3-8-18(19)26-23(27)13-14-25-24(28)22-12-7-16-30-22/h3-12,16H,2,13-15,17H2,1H3,(H,25,28). The lowest BCUT2D eigenvalue weighted by Crippen LogP contribution is -2.26. The van der Waals surface area contributed by atoms with E-state index < -0.39 is 0 Å². The van der Waals surface area contributed by atoms with E-state index in [1.54, 1.807) is 12.1 Å². The molecule has 0 spiro atoms. The maximum Gasteiger partial charge on any atom is 0.286 e. The minimum Gasteiger partial charge on any atom is -0.490 e. The van der Waals surface area contributed by atoms with Gasteiger partial charge in [-0.1, -0.05) is 24.3 Å². The topological polar surface area (TPSA) is 78.5 Å². The van der Waals surface area contributed by atoms with E-state index in [-0.39, 0.29) is 5.91 Å². The lowest BCUT2D eigenvalue weighted by atomic mass is 10.3. The third kappa shape index (κ3) is 4.88. The van der Waals surface area contributed by atoms with Crippen molar-refractivity contribution in [1.82, 2.24) is 14.9 Å². The molecule has 160 valence electrons. The Hall–Kier alpha value is -3.74. The molecule has 7 heteroatoms. The maximum absolute atomic E-state index is 12.1. The van der Waals surface area contributed by atoms with Crippen molar-refractivity contribution < 1.29 is 18.7 Å². The molecule has 1 N–H and O–H groups in total. The quantitative estimate of drug-likeness (QED) is 0.419. The summed E-state index contributed by atoms with van der Waals surface area (Å²) < 4.78 is 18.9. The number of furan rings is 1. The lowest BCUT2D eigenvalue weighted by Gasteiger charge is -2.13. The molecule has 4 aromatic rings. The minimum atomic E-state index is -0.233. The first kappa shape index (κ1) is 20.5. The van der Waals surface area contributed by atoms with Gasteiger partial charge in [0.15, 0.2) is 17.3 Å². The number of rotatable bonds is 10. The van der Waals surface area contributed by atoms with Gasteiger partial charge in [0.2, 0.25) is 0 Å². The second-order valence-electron chi connectivity index (χ2n) is 6.88. The zero-order valence-corrected chi connectivity index (χ0v) is 17.4. The van der Waals surface area contributed by atoms with E-state index in [1.165, 1.54) is 6.26 Å². The van der Waals surface area contributed by atoms with Crippen molar-refractivity contribution in [3.8, 4) is 11.5 Å². The van der Waals surface area contributed by atoms with Gasteiger partial charge in [-0.05, 0) is 43.3 Å². The third-order valence-corrected chi connectivity index (χ3v) is 4.83. The van der Waals surface area contributed by atoms with E-state index in [0.29, 0.717) is 38.5 Å². The van der Waals surface area contributed by atoms with Crippen molar-refractivity contribution in [3.63, 3.8) is 0 Å². The van der Waals surface area contributed by atoms with Crippen LogP contribution >= 0.6 is 0 Å². The molecule has 0 aliphatic heterocycles. The largest absolute Gasteiger partial charge is 0.490 e. The molecule has 0 saturated heterocycles. The Bertz CT molecular complexity index is 1130. The molecule has 0 saturated carbocycles. The first-order valence-corrected chi connectivity index (χ1v) is 10.4. The second kappa shape index (κ2) is 9.84. The number of carbonyl (C=O) groups is 1. The molecule has 0 unspecified atom stereocenters. The van der Waals surface area contributed by atoms with Crippen LogP contribution in [0.4, 0.5) is 0 Å². The van der Waals surface area contributed by atoms with Crippen LogP contribution in [-0.2, 0) is 13.0 Å². The zero-order chi connectivity index (χ0) is 21.5. The van der Waals surface area contributed by atoms with Gasteiger partial charge in [-0.2, -0.15) is 0 Å². The molecule has 7 nitrogen and oxygen atoms in total. The van der Waals surface area contributed by atoms with Gasteiger partial charge in [-0.25, -0.2) is 4.98 Å². The van der Waals surface area contributed by atoms with Gasteiger partial charge in [0.05, 0.1) is 30.4 Å². The molecule has 0 aliphatic rings. The van der Waals surface area contributed by atoms with Gasteiger partial charge in [0.1, 0.15) is 12.4 Å². The molecule has 0 aliphatic carbocycles. The van der Waals surface area contributed by atoms with E-state index in [0.717, 1.165) is 28.4 Å². The Labute approximate surface area is 180 Å². The Morgan fingerprint density at radius 3 is 2.58 bits per heavy atom. The Balaban J connectivity index is 1.43. The number of benzene rings is 2. The van der Waals surface area contributed by atoms with Gasteiger partial charge in [-0.3, -0.25) is 4.79 Å². The summed E-state index contributed by atoms with van der Waals surface area (Å²) in [4.78, 5) is 16.9. The number of imidazole rings is 1. The molecule has 31 heavy (non-hydrogen) atoms. The molecule has 2 aromatic heterocycles. The van der Waals surface area contributed by atoms with Crippen LogP contribution in [0.25, 0.3) is 11.0 Å². The fraction of sp³-hybridized carbons (Fsp3) is 0.250. The number of hydrogen-bond donors (Lipinski definition) is 1. The number of amides is 1. The summed E-state index contributed by atoms with van der Waals surface area (Å²) in [7, 11) is 0. The van der Waals surface area contributed by atoms with Crippen molar-refractivity contribution in [1.29, 1.82) is 0 Å². The van der Waals surface area contributed by atoms with Crippen molar-refractivity contribution >= 4 is 16.9 Å². The lowest BCUT2D eigenvalue weighted by molar-refractivity contribution is 0.0926. The fourth-order valence-corrected chi connectivity index (χ4v) is 3.44. The van der Waals surface area contributed by atoms with E-state index in [4.69, 9.17) is 18.9 Å². The summed E-state index contributed by atoms with van der Waals surface area (Å²) in [5.74, 6) is 2.42. The Morgan fingerprint density at radius 1 is 1.03 bits per heavy atom. The van der Waals surface area contributed by atoms with E-state index >= 15 is 0 Å². The molecule has 0 bridgehead atoms. The molecule has 1 amide bonds. The first-order chi connectivity index (χ1) is 15.3. The highest BCUT2D eigenvalue weighted by atomic mass is 16.5. The fourth-order valence-electron chi connectivity index (χ4n) is 3.44. The van der Waals surface area contributed by atoms with Crippen LogP contribution in [0, 0.1) is 0 Å². The summed E-state index contributed by atoms with van der Waals surface area (Å²) in [6.45, 7) is 4.08. The zero-order valence-electron chi connectivity index (χ0n) is 17.4. The predicted octanol–water partition coefficient (Wildman–Crippen LogP) is 4.08. The number of fused-ring (bicyclic) bond motifs is 1. The highest BCUT2D eigenvalue weighted by molar-refractivity contribution is 5.91. The molecule has 2 aromatic carbocycles.